The fourth-order valence-corrected chi connectivity index (χ4v) is 2.20. The topological polar surface area (TPSA) is 107 Å². The SMILES string of the molecule is COC(=O)C1OC(OC)C(OC)C(OC(C)=O)C1OC(C)=O. The van der Waals surface area contributed by atoms with E-state index < -0.39 is 48.6 Å². The van der Waals surface area contributed by atoms with Crippen molar-refractivity contribution in [2.45, 2.75) is 44.6 Å². The maximum Gasteiger partial charge on any atom is 0.339 e. The first kappa shape index (κ1) is 18.3. The Balaban J connectivity index is 3.19. The van der Waals surface area contributed by atoms with E-state index in [9.17, 15) is 14.4 Å². The Morgan fingerprint density at radius 3 is 1.77 bits per heavy atom. The zero-order valence-electron chi connectivity index (χ0n) is 13.1. The molecule has 9 nitrogen and oxygen atoms in total. The van der Waals surface area contributed by atoms with Crippen molar-refractivity contribution >= 4 is 17.9 Å². The van der Waals surface area contributed by atoms with Gasteiger partial charge < -0.3 is 28.4 Å². The first-order valence-electron chi connectivity index (χ1n) is 6.49. The van der Waals surface area contributed by atoms with Crippen LogP contribution in [-0.4, -0.2) is 69.9 Å². The van der Waals surface area contributed by atoms with Crippen molar-refractivity contribution < 1.29 is 42.8 Å². The summed E-state index contributed by atoms with van der Waals surface area (Å²) in [6, 6.07) is 0. The van der Waals surface area contributed by atoms with Crippen molar-refractivity contribution in [3.8, 4) is 0 Å². The number of esters is 3. The Morgan fingerprint density at radius 1 is 0.818 bits per heavy atom. The normalized spacial score (nSPS) is 31.2. The molecule has 126 valence electrons. The third-order valence-corrected chi connectivity index (χ3v) is 3.04. The number of rotatable bonds is 5. The van der Waals surface area contributed by atoms with Crippen LogP contribution >= 0.6 is 0 Å². The fraction of sp³-hybridized carbons (Fsp3) is 0.769. The Labute approximate surface area is 127 Å². The lowest BCUT2D eigenvalue weighted by molar-refractivity contribution is -0.297. The van der Waals surface area contributed by atoms with E-state index >= 15 is 0 Å². The van der Waals surface area contributed by atoms with Crippen molar-refractivity contribution in [3.63, 3.8) is 0 Å². The fourth-order valence-electron chi connectivity index (χ4n) is 2.20. The van der Waals surface area contributed by atoms with Gasteiger partial charge in [0.15, 0.2) is 24.6 Å². The lowest BCUT2D eigenvalue weighted by atomic mass is 9.98. The highest BCUT2D eigenvalue weighted by Crippen LogP contribution is 2.29. The van der Waals surface area contributed by atoms with Gasteiger partial charge in [0, 0.05) is 28.1 Å². The van der Waals surface area contributed by atoms with E-state index in [0.717, 1.165) is 14.0 Å². The first-order valence-corrected chi connectivity index (χ1v) is 6.49. The van der Waals surface area contributed by atoms with E-state index in [2.05, 4.69) is 4.74 Å². The molecule has 1 saturated heterocycles. The highest BCUT2D eigenvalue weighted by molar-refractivity contribution is 5.77. The largest absolute Gasteiger partial charge is 0.467 e. The van der Waals surface area contributed by atoms with Crippen molar-refractivity contribution in [1.29, 1.82) is 0 Å². The molecule has 0 aromatic rings. The molecule has 9 heteroatoms. The van der Waals surface area contributed by atoms with Crippen molar-refractivity contribution in [2.75, 3.05) is 21.3 Å². The number of carbonyl (C=O) groups excluding carboxylic acids is 3. The summed E-state index contributed by atoms with van der Waals surface area (Å²) in [7, 11) is 3.84. The van der Waals surface area contributed by atoms with Crippen molar-refractivity contribution in [1.82, 2.24) is 0 Å². The predicted octanol–water partition coefficient (Wildman–Crippen LogP) is -0.591. The lowest BCUT2D eigenvalue weighted by Crippen LogP contribution is -2.63. The molecule has 1 aliphatic heterocycles. The first-order chi connectivity index (χ1) is 10.3. The van der Waals surface area contributed by atoms with E-state index in [4.69, 9.17) is 23.7 Å². The molecular weight excluding hydrogens is 300 g/mol. The van der Waals surface area contributed by atoms with Gasteiger partial charge in [-0.1, -0.05) is 0 Å². The summed E-state index contributed by atoms with van der Waals surface area (Å²) in [5, 5.41) is 0. The number of ether oxygens (including phenoxy) is 6. The summed E-state index contributed by atoms with van der Waals surface area (Å²) in [4.78, 5) is 34.5. The molecular formula is C13H20O9. The van der Waals surface area contributed by atoms with E-state index in [1.54, 1.807) is 0 Å². The standard InChI is InChI=1S/C13H20O9/c1-6(14)20-8-9(21-7(2)15)11(17-3)13(19-5)22-10(8)12(16)18-4/h8-11,13H,1-5H3. The Bertz CT molecular complexity index is 422. The lowest BCUT2D eigenvalue weighted by Gasteiger charge is -2.42. The molecule has 22 heavy (non-hydrogen) atoms. The zero-order chi connectivity index (χ0) is 16.9. The van der Waals surface area contributed by atoms with Crippen LogP contribution in [0, 0.1) is 0 Å². The van der Waals surface area contributed by atoms with E-state index in [0.29, 0.717) is 0 Å². The maximum absolute atomic E-state index is 11.9. The summed E-state index contributed by atoms with van der Waals surface area (Å²) < 4.78 is 30.6. The molecule has 0 amide bonds. The third kappa shape index (κ3) is 4.15. The number of hydrogen-bond acceptors (Lipinski definition) is 9. The quantitative estimate of drug-likeness (QED) is 0.485. The number of hydrogen-bond donors (Lipinski definition) is 0. The average molecular weight is 320 g/mol. The van der Waals surface area contributed by atoms with Crippen LogP contribution in [-0.2, 0) is 42.8 Å². The number of methoxy groups -OCH3 is 3. The summed E-state index contributed by atoms with van der Waals surface area (Å²) in [5.41, 5.74) is 0. The van der Waals surface area contributed by atoms with Gasteiger partial charge in [-0.3, -0.25) is 9.59 Å². The van der Waals surface area contributed by atoms with Crippen LogP contribution in [0.4, 0.5) is 0 Å². The highest BCUT2D eigenvalue weighted by atomic mass is 16.7. The van der Waals surface area contributed by atoms with Gasteiger partial charge in [0.1, 0.15) is 6.10 Å². The molecule has 1 fully saturated rings. The molecule has 0 aliphatic carbocycles. The van der Waals surface area contributed by atoms with Crippen LogP contribution in [0.3, 0.4) is 0 Å². The molecule has 0 aromatic heterocycles. The average Bonchev–Trinajstić information content (AvgIpc) is 2.46. The molecule has 5 unspecified atom stereocenters. The van der Waals surface area contributed by atoms with Gasteiger partial charge >= 0.3 is 17.9 Å². The zero-order valence-corrected chi connectivity index (χ0v) is 13.1. The molecule has 1 heterocycles. The molecule has 0 aromatic carbocycles. The second kappa shape index (κ2) is 8.06. The summed E-state index contributed by atoms with van der Waals surface area (Å²) in [6.45, 7) is 2.34. The van der Waals surface area contributed by atoms with Gasteiger partial charge in [0.25, 0.3) is 0 Å². The van der Waals surface area contributed by atoms with Crippen LogP contribution in [0.25, 0.3) is 0 Å². The van der Waals surface area contributed by atoms with Gasteiger partial charge in [-0.25, -0.2) is 4.79 Å². The highest BCUT2D eigenvalue weighted by Gasteiger charge is 2.53. The second-order valence-corrected chi connectivity index (χ2v) is 4.53. The maximum atomic E-state index is 11.9. The summed E-state index contributed by atoms with van der Waals surface area (Å²) >= 11 is 0. The Hall–Kier alpha value is -1.71. The molecule has 5 atom stereocenters. The van der Waals surface area contributed by atoms with E-state index in [-0.39, 0.29) is 0 Å². The monoisotopic (exact) mass is 320 g/mol. The van der Waals surface area contributed by atoms with Crippen LogP contribution in [0.15, 0.2) is 0 Å². The second-order valence-electron chi connectivity index (χ2n) is 4.53. The van der Waals surface area contributed by atoms with E-state index in [1.165, 1.54) is 21.1 Å². The summed E-state index contributed by atoms with van der Waals surface area (Å²) in [5.74, 6) is -2.10. The minimum absolute atomic E-state index is 0.635. The van der Waals surface area contributed by atoms with Crippen LogP contribution < -0.4 is 0 Å². The summed E-state index contributed by atoms with van der Waals surface area (Å²) in [6.07, 6.45) is -5.52. The minimum atomic E-state index is -1.31. The van der Waals surface area contributed by atoms with Gasteiger partial charge in [-0.05, 0) is 0 Å². The van der Waals surface area contributed by atoms with Crippen LogP contribution in [0.1, 0.15) is 13.8 Å². The van der Waals surface area contributed by atoms with Gasteiger partial charge in [-0.2, -0.15) is 0 Å². The molecule has 0 N–H and O–H groups in total. The van der Waals surface area contributed by atoms with Crippen LogP contribution in [0.5, 0.6) is 0 Å². The Morgan fingerprint density at radius 2 is 1.36 bits per heavy atom. The molecule has 1 rings (SSSR count). The minimum Gasteiger partial charge on any atom is -0.467 e. The molecule has 1 aliphatic rings. The predicted molar refractivity (Wildman–Crippen MR) is 69.6 cm³/mol. The van der Waals surface area contributed by atoms with Crippen molar-refractivity contribution in [3.05, 3.63) is 0 Å². The van der Waals surface area contributed by atoms with Gasteiger partial charge in [0.05, 0.1) is 7.11 Å². The molecule has 0 saturated carbocycles. The van der Waals surface area contributed by atoms with E-state index in [1.807, 2.05) is 0 Å². The Kier molecular flexibility index (Phi) is 6.72. The molecule has 0 radical (unpaired) electrons. The van der Waals surface area contributed by atoms with Gasteiger partial charge in [-0.15, -0.1) is 0 Å². The molecule has 0 spiro atoms. The third-order valence-electron chi connectivity index (χ3n) is 3.04. The molecule has 0 bridgehead atoms. The van der Waals surface area contributed by atoms with Crippen LogP contribution in [0.2, 0.25) is 0 Å². The smallest absolute Gasteiger partial charge is 0.339 e. The number of carbonyl (C=O) groups is 3. The van der Waals surface area contributed by atoms with Crippen molar-refractivity contribution in [2.24, 2.45) is 0 Å². The van der Waals surface area contributed by atoms with Gasteiger partial charge in [0.2, 0.25) is 0 Å².